The van der Waals surface area contributed by atoms with Crippen molar-refractivity contribution in [3.63, 3.8) is 0 Å². The highest BCUT2D eigenvalue weighted by atomic mass is 32.1. The lowest BCUT2D eigenvalue weighted by Crippen LogP contribution is -2.53. The van der Waals surface area contributed by atoms with Crippen molar-refractivity contribution in [2.24, 2.45) is 5.73 Å². The van der Waals surface area contributed by atoms with Crippen LogP contribution in [0, 0.1) is 0 Å². The molecule has 154 valence electrons. The Balaban J connectivity index is 1.42. The average Bonchev–Trinajstić information content (AvgIpc) is 3.44. The van der Waals surface area contributed by atoms with Crippen LogP contribution in [0.2, 0.25) is 0 Å². The number of carbonyl (C=O) groups is 2. The number of thiophene rings is 2. The van der Waals surface area contributed by atoms with Gasteiger partial charge in [-0.3, -0.25) is 14.5 Å². The molecule has 5 nitrogen and oxygen atoms in total. The third-order valence-electron chi connectivity index (χ3n) is 6.11. The van der Waals surface area contributed by atoms with E-state index in [0.717, 1.165) is 17.5 Å². The molecule has 2 aromatic heterocycles. The summed E-state index contributed by atoms with van der Waals surface area (Å²) in [4.78, 5) is 32.2. The number of benzene rings is 1. The first kappa shape index (κ1) is 19.5. The highest BCUT2D eigenvalue weighted by Crippen LogP contribution is 2.39. The summed E-state index contributed by atoms with van der Waals surface area (Å²) in [6.45, 7) is 1.46. The molecule has 2 aliphatic heterocycles. The zero-order valence-electron chi connectivity index (χ0n) is 16.5. The molecular weight excluding hydrogens is 414 g/mol. The summed E-state index contributed by atoms with van der Waals surface area (Å²) in [5, 5.41) is 4.17. The van der Waals surface area contributed by atoms with Gasteiger partial charge in [0, 0.05) is 22.8 Å². The quantitative estimate of drug-likeness (QED) is 0.682. The Morgan fingerprint density at radius 3 is 2.63 bits per heavy atom. The summed E-state index contributed by atoms with van der Waals surface area (Å²) in [7, 11) is 0. The van der Waals surface area contributed by atoms with E-state index in [2.05, 4.69) is 29.0 Å². The van der Waals surface area contributed by atoms with E-state index in [1.165, 1.54) is 15.3 Å². The summed E-state index contributed by atoms with van der Waals surface area (Å²) in [5.74, 6) is -0.318. The van der Waals surface area contributed by atoms with Gasteiger partial charge in [0.25, 0.3) is 0 Å². The van der Waals surface area contributed by atoms with E-state index >= 15 is 0 Å². The molecule has 7 heteroatoms. The molecule has 0 radical (unpaired) electrons. The van der Waals surface area contributed by atoms with Crippen molar-refractivity contribution in [1.82, 2.24) is 9.80 Å². The van der Waals surface area contributed by atoms with E-state index in [-0.39, 0.29) is 24.4 Å². The summed E-state index contributed by atoms with van der Waals surface area (Å²) in [6, 6.07) is 13.9. The average molecular weight is 438 g/mol. The Morgan fingerprint density at radius 2 is 1.87 bits per heavy atom. The first-order valence-corrected chi connectivity index (χ1v) is 11.9. The molecule has 0 aliphatic carbocycles. The van der Waals surface area contributed by atoms with Gasteiger partial charge in [-0.1, -0.05) is 30.3 Å². The Hall–Kier alpha value is -2.48. The van der Waals surface area contributed by atoms with Crippen molar-refractivity contribution in [2.45, 2.75) is 31.5 Å². The van der Waals surface area contributed by atoms with E-state index < -0.39 is 6.04 Å². The minimum atomic E-state index is -0.453. The molecular formula is C23H23N3O2S2. The van der Waals surface area contributed by atoms with Crippen LogP contribution in [0.15, 0.2) is 53.2 Å². The van der Waals surface area contributed by atoms with Crippen molar-refractivity contribution < 1.29 is 9.59 Å². The molecule has 2 aliphatic rings. The van der Waals surface area contributed by atoms with Crippen molar-refractivity contribution >= 4 is 34.5 Å². The molecule has 5 rings (SSSR count). The Bertz CT molecular complexity index is 1080. The second-order valence-corrected chi connectivity index (χ2v) is 9.83. The van der Waals surface area contributed by atoms with E-state index in [1.54, 1.807) is 22.7 Å². The van der Waals surface area contributed by atoms with Crippen molar-refractivity contribution in [3.05, 3.63) is 79.7 Å². The smallest absolute Gasteiger partial charge is 0.237 e. The standard InChI is InChI=1S/C23H23N3O2S2/c24-23(28)18-12-15-4-1-2-5-16(15)13-25(18)14-21(27)26-9-7-19-17(8-11-30-19)22(26)20-6-3-10-29-20/h1-6,8,10-11,18,22H,7,9,12-14H2,(H2,24,28)/t18-,22+/m0/s1. The van der Waals surface area contributed by atoms with Gasteiger partial charge in [0.15, 0.2) is 0 Å². The number of carbonyl (C=O) groups excluding carboxylic acids is 2. The Labute approximate surface area is 183 Å². The highest BCUT2D eigenvalue weighted by Gasteiger charge is 2.37. The molecule has 3 aromatic rings. The first-order chi connectivity index (χ1) is 14.6. The van der Waals surface area contributed by atoms with E-state index in [4.69, 9.17) is 5.73 Å². The van der Waals surface area contributed by atoms with Crippen LogP contribution in [-0.4, -0.2) is 40.7 Å². The van der Waals surface area contributed by atoms with Crippen molar-refractivity contribution in [1.29, 1.82) is 0 Å². The van der Waals surface area contributed by atoms with Crippen molar-refractivity contribution in [2.75, 3.05) is 13.1 Å². The zero-order chi connectivity index (χ0) is 20.7. The number of rotatable bonds is 4. The van der Waals surface area contributed by atoms with E-state index in [1.807, 2.05) is 34.1 Å². The maximum Gasteiger partial charge on any atom is 0.237 e. The van der Waals surface area contributed by atoms with Gasteiger partial charge in [0.05, 0.1) is 18.6 Å². The maximum absolute atomic E-state index is 13.5. The molecule has 0 fully saturated rings. The maximum atomic E-state index is 13.5. The summed E-state index contributed by atoms with van der Waals surface area (Å²) in [6.07, 6.45) is 1.44. The fourth-order valence-electron chi connectivity index (χ4n) is 4.63. The molecule has 1 aromatic carbocycles. The Kier molecular flexibility index (Phi) is 5.18. The minimum absolute atomic E-state index is 0.0448. The molecule has 0 spiro atoms. The zero-order valence-corrected chi connectivity index (χ0v) is 18.1. The third-order valence-corrected chi connectivity index (χ3v) is 8.03. The lowest BCUT2D eigenvalue weighted by Gasteiger charge is -2.39. The van der Waals surface area contributed by atoms with Gasteiger partial charge in [0.2, 0.25) is 11.8 Å². The summed E-state index contributed by atoms with van der Waals surface area (Å²) >= 11 is 3.45. The van der Waals surface area contributed by atoms with E-state index in [0.29, 0.717) is 19.5 Å². The van der Waals surface area contributed by atoms with Gasteiger partial charge in [-0.25, -0.2) is 0 Å². The second kappa shape index (κ2) is 7.98. The lowest BCUT2D eigenvalue weighted by molar-refractivity contribution is -0.136. The van der Waals surface area contributed by atoms with Gasteiger partial charge >= 0.3 is 0 Å². The predicted octanol–water partition coefficient (Wildman–Crippen LogP) is 3.20. The van der Waals surface area contributed by atoms with Crippen LogP contribution in [-0.2, 0) is 29.0 Å². The van der Waals surface area contributed by atoms with Crippen LogP contribution < -0.4 is 5.73 Å². The number of hydrogen-bond acceptors (Lipinski definition) is 5. The molecule has 0 bridgehead atoms. The monoisotopic (exact) mass is 437 g/mol. The highest BCUT2D eigenvalue weighted by molar-refractivity contribution is 7.10. The molecule has 4 heterocycles. The number of primary amides is 1. The fourth-order valence-corrected chi connectivity index (χ4v) is 6.39. The van der Waals surface area contributed by atoms with Crippen molar-refractivity contribution in [3.8, 4) is 0 Å². The lowest BCUT2D eigenvalue weighted by atomic mass is 9.93. The molecule has 2 N–H and O–H groups in total. The number of nitrogens with zero attached hydrogens (tertiary/aromatic N) is 2. The van der Waals surface area contributed by atoms with Crippen LogP contribution in [0.3, 0.4) is 0 Å². The van der Waals surface area contributed by atoms with Gasteiger partial charge in [-0.2, -0.15) is 0 Å². The summed E-state index contributed by atoms with van der Waals surface area (Å²) < 4.78 is 0. The molecule has 2 atom stereocenters. The number of fused-ring (bicyclic) bond motifs is 2. The molecule has 2 amide bonds. The first-order valence-electron chi connectivity index (χ1n) is 10.1. The van der Waals surface area contributed by atoms with Gasteiger partial charge < -0.3 is 10.6 Å². The van der Waals surface area contributed by atoms with Crippen LogP contribution in [0.4, 0.5) is 0 Å². The number of amides is 2. The van der Waals surface area contributed by atoms with E-state index in [9.17, 15) is 9.59 Å². The van der Waals surface area contributed by atoms with Crippen LogP contribution in [0.25, 0.3) is 0 Å². The van der Waals surface area contributed by atoms with Crippen LogP contribution in [0.5, 0.6) is 0 Å². The van der Waals surface area contributed by atoms with Crippen LogP contribution in [0.1, 0.15) is 32.5 Å². The van der Waals surface area contributed by atoms with Crippen LogP contribution >= 0.6 is 22.7 Å². The van der Waals surface area contributed by atoms with Gasteiger partial charge in [-0.15, -0.1) is 22.7 Å². The molecule has 30 heavy (non-hydrogen) atoms. The third kappa shape index (κ3) is 3.47. The van der Waals surface area contributed by atoms with Gasteiger partial charge in [0.1, 0.15) is 0 Å². The largest absolute Gasteiger partial charge is 0.368 e. The predicted molar refractivity (Wildman–Crippen MR) is 119 cm³/mol. The number of nitrogens with two attached hydrogens (primary N) is 1. The number of hydrogen-bond donors (Lipinski definition) is 1. The SMILES string of the molecule is NC(=O)[C@@H]1Cc2ccccc2CN1CC(=O)N1CCc2sccc2[C@@H]1c1cccs1. The second-order valence-electron chi connectivity index (χ2n) is 7.85. The Morgan fingerprint density at radius 1 is 1.03 bits per heavy atom. The molecule has 0 saturated carbocycles. The van der Waals surface area contributed by atoms with Gasteiger partial charge in [-0.05, 0) is 52.4 Å². The molecule has 0 unspecified atom stereocenters. The molecule has 0 saturated heterocycles. The normalized spacial score (nSPS) is 21.1. The fraction of sp³-hybridized carbons (Fsp3) is 0.304. The summed E-state index contributed by atoms with van der Waals surface area (Å²) in [5.41, 5.74) is 9.26. The minimum Gasteiger partial charge on any atom is -0.368 e. The topological polar surface area (TPSA) is 66.6 Å².